The van der Waals surface area contributed by atoms with Gasteiger partial charge in [-0.2, -0.15) is 8.78 Å². The van der Waals surface area contributed by atoms with Gasteiger partial charge in [-0.3, -0.25) is 0 Å². The number of rotatable bonds is 4. The van der Waals surface area contributed by atoms with Crippen LogP contribution in [0.25, 0.3) is 0 Å². The summed E-state index contributed by atoms with van der Waals surface area (Å²) in [6.07, 6.45) is 7.74. The van der Waals surface area contributed by atoms with Crippen molar-refractivity contribution in [1.82, 2.24) is 0 Å². The maximum Gasteiger partial charge on any atom is 0.387 e. The lowest BCUT2D eigenvalue weighted by atomic mass is 9.65. The Morgan fingerprint density at radius 1 is 0.955 bits per heavy atom. The van der Waals surface area contributed by atoms with Crippen LogP contribution in [0, 0.1) is 11.8 Å². The van der Waals surface area contributed by atoms with Crippen molar-refractivity contribution in [1.29, 1.82) is 0 Å². The lowest BCUT2D eigenvalue weighted by molar-refractivity contribution is -0.0498. The standard InChI is InChI=1S/C18H24F2O2/c1-21-17-9-6-14-10-13(2-3-15(14)11-17)12-4-7-16(8-5-12)22-18(19)20/h4-5,7-8,13-15,17-18H,2-3,6,9-11H2,1H3. The highest BCUT2D eigenvalue weighted by molar-refractivity contribution is 5.30. The second kappa shape index (κ2) is 6.95. The van der Waals surface area contributed by atoms with Gasteiger partial charge in [0, 0.05) is 7.11 Å². The van der Waals surface area contributed by atoms with Gasteiger partial charge < -0.3 is 9.47 Å². The molecule has 0 radical (unpaired) electrons. The summed E-state index contributed by atoms with van der Waals surface area (Å²) < 4.78 is 34.3. The summed E-state index contributed by atoms with van der Waals surface area (Å²) in [4.78, 5) is 0. The molecule has 0 aromatic heterocycles. The molecule has 4 heteroatoms. The molecule has 1 aromatic carbocycles. The van der Waals surface area contributed by atoms with Crippen molar-refractivity contribution >= 4 is 0 Å². The van der Waals surface area contributed by atoms with Gasteiger partial charge >= 0.3 is 6.61 Å². The summed E-state index contributed by atoms with van der Waals surface area (Å²) in [6, 6.07) is 7.22. The Hall–Kier alpha value is -1.16. The summed E-state index contributed by atoms with van der Waals surface area (Å²) in [5.74, 6) is 2.40. The van der Waals surface area contributed by atoms with Gasteiger partial charge in [0.15, 0.2) is 0 Å². The molecule has 0 saturated heterocycles. The summed E-state index contributed by atoms with van der Waals surface area (Å²) in [5, 5.41) is 0. The molecule has 0 bridgehead atoms. The first-order valence-electron chi connectivity index (χ1n) is 8.23. The molecule has 2 aliphatic carbocycles. The molecule has 4 unspecified atom stereocenters. The van der Waals surface area contributed by atoms with Crippen LogP contribution >= 0.6 is 0 Å². The number of methoxy groups -OCH3 is 1. The monoisotopic (exact) mass is 310 g/mol. The van der Waals surface area contributed by atoms with E-state index in [1.807, 2.05) is 19.2 Å². The Bertz CT molecular complexity index is 474. The van der Waals surface area contributed by atoms with E-state index < -0.39 is 6.61 Å². The summed E-state index contributed by atoms with van der Waals surface area (Å²) in [5.41, 5.74) is 1.26. The molecule has 0 N–H and O–H groups in total. The number of hydrogen-bond acceptors (Lipinski definition) is 2. The van der Waals surface area contributed by atoms with E-state index in [1.54, 1.807) is 12.1 Å². The van der Waals surface area contributed by atoms with Gasteiger partial charge in [-0.05, 0) is 74.0 Å². The van der Waals surface area contributed by atoms with Gasteiger partial charge in [-0.15, -0.1) is 0 Å². The molecule has 0 spiro atoms. The molecule has 2 fully saturated rings. The molecule has 2 aliphatic rings. The van der Waals surface area contributed by atoms with Crippen LogP contribution in [0.4, 0.5) is 8.78 Å². The Labute approximate surface area is 130 Å². The predicted octanol–water partition coefficient (Wildman–Crippen LogP) is 4.99. The predicted molar refractivity (Wildman–Crippen MR) is 81.3 cm³/mol. The fourth-order valence-electron chi connectivity index (χ4n) is 4.28. The third kappa shape index (κ3) is 3.60. The third-order valence-electron chi connectivity index (χ3n) is 5.47. The number of halogens is 2. The van der Waals surface area contributed by atoms with Gasteiger partial charge in [0.1, 0.15) is 5.75 Å². The zero-order valence-corrected chi connectivity index (χ0v) is 13.0. The average molecular weight is 310 g/mol. The van der Waals surface area contributed by atoms with Crippen molar-refractivity contribution in [3.63, 3.8) is 0 Å². The van der Waals surface area contributed by atoms with Crippen LogP contribution in [0.15, 0.2) is 24.3 Å². The minimum atomic E-state index is -2.75. The average Bonchev–Trinajstić information content (AvgIpc) is 2.54. The molecule has 4 atom stereocenters. The molecule has 0 aliphatic heterocycles. The maximum absolute atomic E-state index is 12.2. The highest BCUT2D eigenvalue weighted by Crippen LogP contribution is 2.46. The molecule has 0 amide bonds. The number of ether oxygens (including phenoxy) is 2. The fraction of sp³-hybridized carbons (Fsp3) is 0.667. The van der Waals surface area contributed by atoms with Crippen molar-refractivity contribution < 1.29 is 18.3 Å². The maximum atomic E-state index is 12.2. The van der Waals surface area contributed by atoms with Crippen molar-refractivity contribution in [3.8, 4) is 5.75 Å². The second-order valence-corrected chi connectivity index (χ2v) is 6.65. The van der Waals surface area contributed by atoms with Crippen LogP contribution in [-0.2, 0) is 4.74 Å². The van der Waals surface area contributed by atoms with Gasteiger partial charge in [0.2, 0.25) is 0 Å². The zero-order valence-electron chi connectivity index (χ0n) is 13.0. The molecule has 2 saturated carbocycles. The van der Waals surface area contributed by atoms with Crippen molar-refractivity contribution in [2.75, 3.05) is 7.11 Å². The van der Waals surface area contributed by atoms with Crippen LogP contribution in [0.2, 0.25) is 0 Å². The molecule has 2 nitrogen and oxygen atoms in total. The lowest BCUT2D eigenvalue weighted by Crippen LogP contribution is -2.33. The first-order valence-corrected chi connectivity index (χ1v) is 8.23. The van der Waals surface area contributed by atoms with E-state index >= 15 is 0 Å². The normalized spacial score (nSPS) is 31.8. The zero-order chi connectivity index (χ0) is 15.5. The van der Waals surface area contributed by atoms with E-state index in [1.165, 1.54) is 44.1 Å². The van der Waals surface area contributed by atoms with E-state index in [9.17, 15) is 8.78 Å². The van der Waals surface area contributed by atoms with Crippen LogP contribution in [-0.4, -0.2) is 19.8 Å². The Kier molecular flexibility index (Phi) is 4.97. The van der Waals surface area contributed by atoms with Crippen molar-refractivity contribution in [2.24, 2.45) is 11.8 Å². The Balaban J connectivity index is 1.60. The largest absolute Gasteiger partial charge is 0.435 e. The van der Waals surface area contributed by atoms with Crippen LogP contribution in [0.5, 0.6) is 5.75 Å². The summed E-state index contributed by atoms with van der Waals surface area (Å²) >= 11 is 0. The smallest absolute Gasteiger partial charge is 0.387 e. The molecule has 122 valence electrons. The van der Waals surface area contributed by atoms with E-state index in [2.05, 4.69) is 4.74 Å². The van der Waals surface area contributed by atoms with E-state index in [4.69, 9.17) is 4.74 Å². The SMILES string of the molecule is COC1CCC2CC(c3ccc(OC(F)F)cc3)CCC2C1. The van der Waals surface area contributed by atoms with E-state index in [-0.39, 0.29) is 5.75 Å². The molecule has 3 rings (SSSR count). The molecular weight excluding hydrogens is 286 g/mol. The minimum absolute atomic E-state index is 0.244. The van der Waals surface area contributed by atoms with Crippen LogP contribution in [0.1, 0.15) is 50.0 Å². The fourth-order valence-corrected chi connectivity index (χ4v) is 4.28. The molecule has 1 aromatic rings. The molecule has 22 heavy (non-hydrogen) atoms. The second-order valence-electron chi connectivity index (χ2n) is 6.65. The Morgan fingerprint density at radius 3 is 2.32 bits per heavy atom. The Morgan fingerprint density at radius 2 is 1.64 bits per heavy atom. The quantitative estimate of drug-likeness (QED) is 0.780. The summed E-state index contributed by atoms with van der Waals surface area (Å²) in [7, 11) is 1.82. The highest BCUT2D eigenvalue weighted by atomic mass is 19.3. The highest BCUT2D eigenvalue weighted by Gasteiger charge is 2.35. The molecular formula is C18H24F2O2. The summed E-state index contributed by atoms with van der Waals surface area (Å²) in [6.45, 7) is -2.75. The number of hydrogen-bond donors (Lipinski definition) is 0. The number of alkyl halides is 2. The third-order valence-corrected chi connectivity index (χ3v) is 5.47. The van der Waals surface area contributed by atoms with E-state index in [0.29, 0.717) is 12.0 Å². The van der Waals surface area contributed by atoms with Gasteiger partial charge in [0.25, 0.3) is 0 Å². The van der Waals surface area contributed by atoms with E-state index in [0.717, 1.165) is 11.8 Å². The first kappa shape index (κ1) is 15.7. The first-order chi connectivity index (χ1) is 10.7. The van der Waals surface area contributed by atoms with Crippen LogP contribution in [0.3, 0.4) is 0 Å². The topological polar surface area (TPSA) is 18.5 Å². The molecule has 0 heterocycles. The number of fused-ring (bicyclic) bond motifs is 1. The van der Waals surface area contributed by atoms with Crippen molar-refractivity contribution in [3.05, 3.63) is 29.8 Å². The van der Waals surface area contributed by atoms with Gasteiger partial charge in [0.05, 0.1) is 6.10 Å². The van der Waals surface area contributed by atoms with Crippen molar-refractivity contribution in [2.45, 2.75) is 57.2 Å². The minimum Gasteiger partial charge on any atom is -0.435 e. The van der Waals surface area contributed by atoms with Gasteiger partial charge in [-0.1, -0.05) is 12.1 Å². The number of benzene rings is 1. The van der Waals surface area contributed by atoms with Crippen LogP contribution < -0.4 is 4.74 Å². The lowest BCUT2D eigenvalue weighted by Gasteiger charge is -2.42. The van der Waals surface area contributed by atoms with Gasteiger partial charge in [-0.25, -0.2) is 0 Å².